The molecule has 0 spiro atoms. The first-order valence-corrected chi connectivity index (χ1v) is 35.3. The van der Waals surface area contributed by atoms with E-state index >= 15 is 0 Å². The SMILES string of the molecule is CC.CC.CC.CCO.[B]C(=O)NC(Cc1ccc(CBr)cc1)C(=O)OC.[B]C(=O)NC(Cc1ccc(CO)cc1)C(=O)OC.[B]C(=O)NC(Cc1ccccc1)C(=O)OC.[B]C(=O)NC(Cc1ccccc1)C(=O)OC.[B]C(=O)NC(Cc1ccccc1)C(=O)OC.[B]C(=O)NC(Cc1ccccc1)[C@H]1CO1. The van der Waals surface area contributed by atoms with Crippen molar-refractivity contribution in [1.29, 1.82) is 0 Å². The molecule has 25 nitrogen and oxygen atoms in total. The molecule has 0 aromatic heterocycles. The molecule has 12 radical (unpaired) electrons. The summed E-state index contributed by atoms with van der Waals surface area (Å²) in [5.41, 5.74) is 7.60. The van der Waals surface area contributed by atoms with Crippen LogP contribution in [0.3, 0.4) is 0 Å². The van der Waals surface area contributed by atoms with Gasteiger partial charge in [-0.1, -0.05) is 227 Å². The number of rotatable bonds is 26. The number of carbonyl (C=O) groups excluding carboxylic acids is 11. The second-order valence-electron chi connectivity index (χ2n) is 21.3. The van der Waals surface area contributed by atoms with E-state index < -0.39 is 94.9 Å². The number of epoxide rings is 1. The molecule has 7 rings (SSSR count). The average molecular weight is 1550 g/mol. The number of nitrogens with one attached hydrogen (secondary N) is 6. The number of amides is 6. The van der Waals surface area contributed by atoms with E-state index in [-0.39, 0.29) is 31.8 Å². The van der Waals surface area contributed by atoms with Gasteiger partial charge in [0, 0.05) is 44.0 Å². The molecule has 108 heavy (non-hydrogen) atoms. The lowest BCUT2D eigenvalue weighted by molar-refractivity contribution is -0.143. The van der Waals surface area contributed by atoms with Gasteiger partial charge in [-0.25, -0.2) is 24.0 Å². The molecular formula is C76H99B6BrN6O19. The van der Waals surface area contributed by atoms with Crippen LogP contribution in [0, 0.1) is 0 Å². The van der Waals surface area contributed by atoms with E-state index in [0.29, 0.717) is 32.3 Å². The molecular weight excluding hydrogens is 1450 g/mol. The van der Waals surface area contributed by atoms with E-state index in [9.17, 15) is 52.7 Å². The summed E-state index contributed by atoms with van der Waals surface area (Å²) in [5.74, 6) is -6.86. The quantitative estimate of drug-likeness (QED) is 0.00852. The molecule has 1 aliphatic rings. The van der Waals surface area contributed by atoms with Gasteiger partial charge in [0.1, 0.15) is 36.3 Å². The Balaban J connectivity index is -0.00000120. The third kappa shape index (κ3) is 50.7. The Morgan fingerprint density at radius 3 is 0.713 bits per heavy atom. The largest absolute Gasteiger partial charge is 0.467 e. The zero-order valence-corrected chi connectivity index (χ0v) is 65.0. The summed E-state index contributed by atoms with van der Waals surface area (Å²) in [6, 6.07) is 48.8. The maximum atomic E-state index is 11.5. The van der Waals surface area contributed by atoms with Crippen molar-refractivity contribution in [3.8, 4) is 0 Å². The smallest absolute Gasteiger partial charge is 0.328 e. The van der Waals surface area contributed by atoms with Gasteiger partial charge in [-0.05, 0) is 57.9 Å². The number of hydrogen-bond donors (Lipinski definition) is 8. The third-order valence-corrected chi connectivity index (χ3v) is 14.2. The van der Waals surface area contributed by atoms with E-state index in [0.717, 1.165) is 50.7 Å². The van der Waals surface area contributed by atoms with Crippen molar-refractivity contribution >= 4 is 128 Å². The van der Waals surface area contributed by atoms with Crippen molar-refractivity contribution in [3.05, 3.63) is 214 Å². The predicted octanol–water partition coefficient (Wildman–Crippen LogP) is 7.58. The van der Waals surface area contributed by atoms with E-state index in [4.69, 9.17) is 62.0 Å². The summed E-state index contributed by atoms with van der Waals surface area (Å²) in [6.45, 7) is 14.6. The molecule has 6 aromatic carbocycles. The van der Waals surface area contributed by atoms with Crippen LogP contribution < -0.4 is 31.9 Å². The first-order chi connectivity index (χ1) is 51.7. The van der Waals surface area contributed by atoms with Gasteiger partial charge in [0.15, 0.2) is 34.8 Å². The topological polar surface area (TPSA) is 359 Å². The minimum Gasteiger partial charge on any atom is -0.467 e. The third-order valence-electron chi connectivity index (χ3n) is 13.6. The maximum absolute atomic E-state index is 11.5. The van der Waals surface area contributed by atoms with Gasteiger partial charge >= 0.3 is 29.8 Å². The average Bonchev–Trinajstić information content (AvgIpc) is 1.68. The van der Waals surface area contributed by atoms with Crippen molar-refractivity contribution in [2.24, 2.45) is 0 Å². The van der Waals surface area contributed by atoms with Crippen molar-refractivity contribution in [1.82, 2.24) is 31.9 Å². The van der Waals surface area contributed by atoms with Gasteiger partial charge in [0.25, 0.3) is 0 Å². The number of carbonyl (C=O) groups is 11. The highest BCUT2D eigenvalue weighted by atomic mass is 79.9. The van der Waals surface area contributed by atoms with Crippen LogP contribution in [-0.2, 0) is 103 Å². The van der Waals surface area contributed by atoms with Crippen LogP contribution in [-0.4, -0.2) is 213 Å². The van der Waals surface area contributed by atoms with Crippen molar-refractivity contribution in [2.45, 2.75) is 141 Å². The summed E-state index contributed by atoms with van der Waals surface area (Å²) in [6.07, 6.45) is 2.58. The zero-order valence-electron chi connectivity index (χ0n) is 63.5. The molecule has 0 bridgehead atoms. The fourth-order valence-corrected chi connectivity index (χ4v) is 9.09. The van der Waals surface area contributed by atoms with Gasteiger partial charge in [-0.2, -0.15) is 0 Å². The minimum absolute atomic E-state index is 0.00935. The van der Waals surface area contributed by atoms with Crippen LogP contribution in [0.5, 0.6) is 0 Å². The lowest BCUT2D eigenvalue weighted by atomic mass is 10.0. The first kappa shape index (κ1) is 102. The Morgan fingerprint density at radius 2 is 0.537 bits per heavy atom. The number of benzene rings is 6. The number of aliphatic hydroxyl groups is 2. The monoisotopic (exact) mass is 1540 g/mol. The second-order valence-corrected chi connectivity index (χ2v) is 21.9. The van der Waals surface area contributed by atoms with Crippen LogP contribution in [0.1, 0.15) is 93.0 Å². The number of ether oxygens (including phenoxy) is 6. The Bertz CT molecular complexity index is 3220. The summed E-state index contributed by atoms with van der Waals surface area (Å²) >= 11 is 3.35. The Labute approximate surface area is 651 Å². The molecule has 8 N–H and O–H groups in total. The van der Waals surface area contributed by atoms with Gasteiger partial charge < -0.3 is 70.5 Å². The Morgan fingerprint density at radius 1 is 0.352 bits per heavy atom. The number of esters is 5. The van der Waals surface area contributed by atoms with Crippen LogP contribution in [0.4, 0.5) is 28.8 Å². The molecule has 7 atom stereocenters. The van der Waals surface area contributed by atoms with Crippen LogP contribution in [0.2, 0.25) is 0 Å². The number of aliphatic hydroxyl groups excluding tert-OH is 2. The summed E-state index contributed by atoms with van der Waals surface area (Å²) in [7, 11) is 36.4. The van der Waals surface area contributed by atoms with Gasteiger partial charge in [0.05, 0.1) is 54.8 Å². The fourth-order valence-electron chi connectivity index (χ4n) is 8.72. The number of methoxy groups -OCH3 is 5. The van der Waals surface area contributed by atoms with E-state index in [1.165, 1.54) is 41.1 Å². The highest BCUT2D eigenvalue weighted by Crippen LogP contribution is 2.18. The van der Waals surface area contributed by atoms with E-state index in [1.807, 2.05) is 187 Å². The van der Waals surface area contributed by atoms with Crippen molar-refractivity contribution in [3.63, 3.8) is 0 Å². The lowest BCUT2D eigenvalue weighted by Gasteiger charge is -2.15. The molecule has 1 aliphatic heterocycles. The molecule has 0 saturated carbocycles. The van der Waals surface area contributed by atoms with E-state index in [2.05, 4.69) is 71.5 Å². The van der Waals surface area contributed by atoms with Crippen LogP contribution in [0.15, 0.2) is 170 Å². The lowest BCUT2D eigenvalue weighted by Crippen LogP contribution is -2.42. The van der Waals surface area contributed by atoms with Gasteiger partial charge in [-0.15, -0.1) is 0 Å². The normalized spacial score (nSPS) is 12.2. The molecule has 32 heteroatoms. The highest BCUT2D eigenvalue weighted by molar-refractivity contribution is 9.08. The molecule has 572 valence electrons. The summed E-state index contributed by atoms with van der Waals surface area (Å²) in [4.78, 5) is 122. The minimum atomic E-state index is -0.813. The molecule has 6 aromatic rings. The van der Waals surface area contributed by atoms with Crippen LogP contribution >= 0.6 is 15.9 Å². The maximum Gasteiger partial charge on any atom is 0.328 e. The Hall–Kier alpha value is -9.76. The summed E-state index contributed by atoms with van der Waals surface area (Å²) < 4.78 is 28.1. The van der Waals surface area contributed by atoms with Crippen molar-refractivity contribution < 1.29 is 91.4 Å². The van der Waals surface area contributed by atoms with Gasteiger partial charge in [0.2, 0.25) is 47.1 Å². The first-order valence-electron chi connectivity index (χ1n) is 34.2. The van der Waals surface area contributed by atoms with Gasteiger partial charge in [-0.3, -0.25) is 28.8 Å². The van der Waals surface area contributed by atoms with Crippen molar-refractivity contribution in [2.75, 3.05) is 48.8 Å². The molecule has 1 heterocycles. The standard InChI is InChI=1S/C12H13BBrNO3.C12H14BNO4.3C11H12BNO3.C11H12BNO2.C2H6O.3C2H6/c1-18-11(16)10(15-12(13)17)6-8-2-4-9(7-14)5-3-8;1-18-11(16)10(14-12(13)17)6-8-2-4-9(7-15)5-3-8;3*1-16-10(14)9(13-11(12)15)7-8-5-3-2-4-6-8;12-11(14)13-9(10-7-15-10)6-8-4-2-1-3-5-8;1-2-3;3*1-2/h2-5,10H,6-7H2,1H3,(H,15,17);2-5,10,15H,6-7H2,1H3,(H,14,17);3*2-6,9H,7H2,1H3,(H,13,15);1-5,9-10H,6-7H2,(H,13,14);3H,2H2,1H3;3*1-2H3/t;;;;;9?,10-;;;;/m.....1..../s1. The molecule has 1 saturated heterocycles. The molecule has 6 unspecified atom stereocenters. The second kappa shape index (κ2) is 64.4. The predicted molar refractivity (Wildman–Crippen MR) is 424 cm³/mol. The number of halogens is 1. The Kier molecular flexibility index (Phi) is 61.1. The fraction of sp³-hybridized carbons (Fsp3) is 0.382. The molecule has 6 amide bonds. The summed E-state index contributed by atoms with van der Waals surface area (Å²) in [5, 5.41) is 31.7. The zero-order chi connectivity index (χ0) is 82.4. The van der Waals surface area contributed by atoms with Crippen LogP contribution in [0.25, 0.3) is 0 Å². The number of hydrogen-bond acceptors (Lipinski definition) is 19. The molecule has 1 fully saturated rings. The highest BCUT2D eigenvalue weighted by Gasteiger charge is 2.33. The number of alkyl halides is 1. The molecule has 0 aliphatic carbocycles. The van der Waals surface area contributed by atoms with E-state index in [1.54, 1.807) is 31.2 Å².